The minimum absolute atomic E-state index is 0.417. The minimum Gasteiger partial charge on any atom is -0.493 e. The number of carbonyl (C=O) groups is 1. The average Bonchev–Trinajstić information content (AvgIpc) is 2.90. The Hall–Kier alpha value is -2.07. The third kappa shape index (κ3) is 3.21. The molecule has 0 saturated heterocycles. The zero-order chi connectivity index (χ0) is 12.8. The van der Waals surface area contributed by atoms with Gasteiger partial charge in [0.2, 0.25) is 0 Å². The third-order valence-electron chi connectivity index (χ3n) is 2.21. The predicted molar refractivity (Wildman–Crippen MR) is 72.0 cm³/mol. The molecule has 1 aromatic carbocycles. The Morgan fingerprint density at radius 3 is 2.61 bits per heavy atom. The summed E-state index contributed by atoms with van der Waals surface area (Å²) in [6.07, 6.45) is 3.13. The maximum atomic E-state index is 11.6. The van der Waals surface area contributed by atoms with Crippen LogP contribution in [0.1, 0.15) is 4.88 Å². The van der Waals surface area contributed by atoms with Crippen LogP contribution in [0.25, 0.3) is 6.08 Å². The van der Waals surface area contributed by atoms with Crippen molar-refractivity contribution in [1.82, 2.24) is 0 Å². The summed E-state index contributed by atoms with van der Waals surface area (Å²) in [5, 5.41) is 1.95. The molecule has 4 heteroatoms. The lowest BCUT2D eigenvalue weighted by Crippen LogP contribution is -2.04. The Bertz CT molecular complexity index is 544. The Kier molecular flexibility index (Phi) is 4.15. The highest BCUT2D eigenvalue weighted by molar-refractivity contribution is 7.10. The van der Waals surface area contributed by atoms with Crippen LogP contribution in [-0.2, 0) is 4.79 Å². The summed E-state index contributed by atoms with van der Waals surface area (Å²) >= 11 is 1.56. The third-order valence-corrected chi connectivity index (χ3v) is 3.04. The lowest BCUT2D eigenvalue weighted by atomic mass is 10.3. The van der Waals surface area contributed by atoms with Crippen LogP contribution >= 0.6 is 11.3 Å². The van der Waals surface area contributed by atoms with E-state index in [0.717, 1.165) is 4.88 Å². The van der Waals surface area contributed by atoms with Crippen LogP contribution in [0.2, 0.25) is 0 Å². The van der Waals surface area contributed by atoms with Gasteiger partial charge in [-0.25, -0.2) is 4.79 Å². The fraction of sp³-hybridized carbons (Fsp3) is 0.0714. The fourth-order valence-electron chi connectivity index (χ4n) is 1.38. The standard InChI is InChI=1S/C14H12O3S/c1-16-12-6-2-3-7-13(12)17-14(15)9-8-11-5-4-10-18-11/h2-10H,1H3. The normalized spacial score (nSPS) is 10.5. The maximum Gasteiger partial charge on any atom is 0.336 e. The van der Waals surface area contributed by atoms with Crippen LogP contribution in [0, 0.1) is 0 Å². The highest BCUT2D eigenvalue weighted by Gasteiger charge is 2.06. The molecule has 1 aromatic heterocycles. The summed E-state index contributed by atoms with van der Waals surface area (Å²) < 4.78 is 10.3. The van der Waals surface area contributed by atoms with E-state index in [1.165, 1.54) is 13.2 Å². The summed E-state index contributed by atoms with van der Waals surface area (Å²) in [5.74, 6) is 0.532. The van der Waals surface area contributed by atoms with Gasteiger partial charge in [-0.3, -0.25) is 0 Å². The van der Waals surface area contributed by atoms with Crippen molar-refractivity contribution < 1.29 is 14.3 Å². The Morgan fingerprint density at radius 1 is 1.17 bits per heavy atom. The topological polar surface area (TPSA) is 35.5 Å². The average molecular weight is 260 g/mol. The number of para-hydroxylation sites is 2. The molecule has 0 fully saturated rings. The van der Waals surface area contributed by atoms with Gasteiger partial charge in [-0.15, -0.1) is 11.3 Å². The number of hydrogen-bond acceptors (Lipinski definition) is 4. The van der Waals surface area contributed by atoms with Crippen molar-refractivity contribution in [2.75, 3.05) is 7.11 Å². The van der Waals surface area contributed by atoms with Gasteiger partial charge in [-0.2, -0.15) is 0 Å². The van der Waals surface area contributed by atoms with Crippen molar-refractivity contribution in [2.45, 2.75) is 0 Å². The van der Waals surface area contributed by atoms with Crippen molar-refractivity contribution in [3.05, 3.63) is 52.7 Å². The predicted octanol–water partition coefficient (Wildman–Crippen LogP) is 3.38. The summed E-state index contributed by atoms with van der Waals surface area (Å²) in [5.41, 5.74) is 0. The number of ether oxygens (including phenoxy) is 2. The van der Waals surface area contributed by atoms with Crippen LogP contribution in [0.3, 0.4) is 0 Å². The molecule has 1 heterocycles. The Morgan fingerprint density at radius 2 is 1.94 bits per heavy atom. The molecule has 0 saturated carbocycles. The second-order valence-corrected chi connectivity index (χ2v) is 4.40. The zero-order valence-electron chi connectivity index (χ0n) is 9.83. The van der Waals surface area contributed by atoms with E-state index in [9.17, 15) is 4.79 Å². The summed E-state index contributed by atoms with van der Waals surface area (Å²) in [6, 6.07) is 10.9. The molecule has 92 valence electrons. The monoisotopic (exact) mass is 260 g/mol. The number of rotatable bonds is 4. The number of methoxy groups -OCH3 is 1. The van der Waals surface area contributed by atoms with Gasteiger partial charge < -0.3 is 9.47 Å². The molecule has 0 N–H and O–H groups in total. The number of benzene rings is 1. The lowest BCUT2D eigenvalue weighted by molar-refractivity contribution is -0.129. The summed E-state index contributed by atoms with van der Waals surface area (Å²) in [7, 11) is 1.54. The quantitative estimate of drug-likeness (QED) is 0.480. The van der Waals surface area contributed by atoms with Crippen LogP contribution in [0.5, 0.6) is 11.5 Å². The molecule has 0 spiro atoms. The molecular formula is C14H12O3S. The lowest BCUT2D eigenvalue weighted by Gasteiger charge is -2.06. The molecule has 0 aliphatic carbocycles. The number of thiophene rings is 1. The first kappa shape index (κ1) is 12.4. The van der Waals surface area contributed by atoms with E-state index in [2.05, 4.69) is 0 Å². The van der Waals surface area contributed by atoms with E-state index in [1.807, 2.05) is 23.6 Å². The molecule has 3 nitrogen and oxygen atoms in total. The van der Waals surface area contributed by atoms with Crippen molar-refractivity contribution in [3.63, 3.8) is 0 Å². The van der Waals surface area contributed by atoms with Gasteiger partial charge in [0.15, 0.2) is 11.5 Å². The van der Waals surface area contributed by atoms with Crippen LogP contribution < -0.4 is 9.47 Å². The van der Waals surface area contributed by atoms with E-state index in [-0.39, 0.29) is 0 Å². The Labute approximate surface area is 109 Å². The SMILES string of the molecule is COc1ccccc1OC(=O)C=Cc1cccs1. The van der Waals surface area contributed by atoms with Gasteiger partial charge >= 0.3 is 5.97 Å². The van der Waals surface area contributed by atoms with Crippen molar-refractivity contribution in [3.8, 4) is 11.5 Å². The van der Waals surface area contributed by atoms with Gasteiger partial charge in [-0.05, 0) is 29.7 Å². The van der Waals surface area contributed by atoms with Gasteiger partial charge in [0.1, 0.15) is 0 Å². The molecule has 0 radical (unpaired) electrons. The van der Waals surface area contributed by atoms with E-state index < -0.39 is 5.97 Å². The molecule has 18 heavy (non-hydrogen) atoms. The highest BCUT2D eigenvalue weighted by atomic mass is 32.1. The van der Waals surface area contributed by atoms with E-state index in [0.29, 0.717) is 11.5 Å². The number of esters is 1. The number of hydrogen-bond donors (Lipinski definition) is 0. The van der Waals surface area contributed by atoms with E-state index >= 15 is 0 Å². The van der Waals surface area contributed by atoms with Crippen molar-refractivity contribution in [2.24, 2.45) is 0 Å². The summed E-state index contributed by atoms with van der Waals surface area (Å²) in [4.78, 5) is 12.6. The van der Waals surface area contributed by atoms with Crippen LogP contribution in [0.4, 0.5) is 0 Å². The van der Waals surface area contributed by atoms with Gasteiger partial charge in [-0.1, -0.05) is 18.2 Å². The van der Waals surface area contributed by atoms with Crippen molar-refractivity contribution >= 4 is 23.4 Å². The molecule has 0 atom stereocenters. The smallest absolute Gasteiger partial charge is 0.336 e. The maximum absolute atomic E-state index is 11.6. The molecule has 0 aliphatic heterocycles. The fourth-order valence-corrected chi connectivity index (χ4v) is 2.00. The Balaban J connectivity index is 2.03. The molecule has 0 bridgehead atoms. The van der Waals surface area contributed by atoms with Gasteiger partial charge in [0.05, 0.1) is 7.11 Å². The molecular weight excluding hydrogens is 248 g/mol. The number of carbonyl (C=O) groups excluding carboxylic acids is 1. The van der Waals surface area contributed by atoms with E-state index in [1.54, 1.807) is 35.6 Å². The largest absolute Gasteiger partial charge is 0.493 e. The zero-order valence-corrected chi connectivity index (χ0v) is 10.6. The molecule has 2 rings (SSSR count). The highest BCUT2D eigenvalue weighted by Crippen LogP contribution is 2.25. The van der Waals surface area contributed by atoms with Crippen LogP contribution in [-0.4, -0.2) is 13.1 Å². The second kappa shape index (κ2) is 6.02. The molecule has 0 aliphatic rings. The molecule has 0 amide bonds. The first-order valence-electron chi connectivity index (χ1n) is 5.36. The molecule has 2 aromatic rings. The second-order valence-electron chi connectivity index (χ2n) is 3.42. The van der Waals surface area contributed by atoms with Crippen LogP contribution in [0.15, 0.2) is 47.9 Å². The van der Waals surface area contributed by atoms with Crippen molar-refractivity contribution in [1.29, 1.82) is 0 Å². The van der Waals surface area contributed by atoms with E-state index in [4.69, 9.17) is 9.47 Å². The van der Waals surface area contributed by atoms with Gasteiger partial charge in [0, 0.05) is 11.0 Å². The summed E-state index contributed by atoms with van der Waals surface area (Å²) in [6.45, 7) is 0. The minimum atomic E-state index is -0.423. The van der Waals surface area contributed by atoms with Gasteiger partial charge in [0.25, 0.3) is 0 Å². The first-order chi connectivity index (χ1) is 8.79. The first-order valence-corrected chi connectivity index (χ1v) is 6.24. The molecule has 0 unspecified atom stereocenters.